The summed E-state index contributed by atoms with van der Waals surface area (Å²) in [4.78, 5) is 10.7. The summed E-state index contributed by atoms with van der Waals surface area (Å²) in [7, 11) is -2.31. The second-order valence-electron chi connectivity index (χ2n) is 3.05. The summed E-state index contributed by atoms with van der Waals surface area (Å²) in [6.07, 6.45) is 0. The molecule has 15 heavy (non-hydrogen) atoms. The topological polar surface area (TPSA) is 83.5 Å². The van der Waals surface area contributed by atoms with Gasteiger partial charge in [-0.25, -0.2) is 17.9 Å². The molecule has 0 aliphatic rings. The Hall–Kier alpha value is -1.40. The number of carboxylic acid groups (broad SMARTS) is 1. The van der Waals surface area contributed by atoms with E-state index in [-0.39, 0.29) is 10.5 Å². The van der Waals surface area contributed by atoms with Gasteiger partial charge in [-0.2, -0.15) is 0 Å². The van der Waals surface area contributed by atoms with Crippen LogP contribution in [0.3, 0.4) is 0 Å². The van der Waals surface area contributed by atoms with E-state index in [1.807, 2.05) is 0 Å². The van der Waals surface area contributed by atoms with E-state index in [0.29, 0.717) is 5.56 Å². The third kappa shape index (κ3) is 2.54. The van der Waals surface area contributed by atoms with Crippen LogP contribution >= 0.6 is 0 Å². The SMILES string of the molecule is CNS(=O)(=O)c1cc(C)cc(C(=O)O)c1. The van der Waals surface area contributed by atoms with Crippen LogP contribution in [0.1, 0.15) is 15.9 Å². The van der Waals surface area contributed by atoms with Crippen LogP contribution in [0.25, 0.3) is 0 Å². The van der Waals surface area contributed by atoms with Gasteiger partial charge in [0.05, 0.1) is 10.5 Å². The number of hydrogen-bond acceptors (Lipinski definition) is 3. The molecule has 0 radical (unpaired) electrons. The van der Waals surface area contributed by atoms with Crippen molar-refractivity contribution in [2.75, 3.05) is 7.05 Å². The fourth-order valence-corrected chi connectivity index (χ4v) is 2.00. The molecule has 6 heteroatoms. The van der Waals surface area contributed by atoms with Crippen molar-refractivity contribution in [1.29, 1.82) is 0 Å². The molecule has 0 amide bonds. The Labute approximate surface area is 87.8 Å². The van der Waals surface area contributed by atoms with Crippen LogP contribution in [-0.2, 0) is 10.0 Å². The van der Waals surface area contributed by atoms with Crippen LogP contribution in [-0.4, -0.2) is 26.5 Å². The minimum Gasteiger partial charge on any atom is -0.478 e. The number of carboxylic acids is 1. The number of aryl methyl sites for hydroxylation is 1. The average molecular weight is 229 g/mol. The predicted molar refractivity (Wildman–Crippen MR) is 54.4 cm³/mol. The summed E-state index contributed by atoms with van der Waals surface area (Å²) in [5.74, 6) is -1.15. The van der Waals surface area contributed by atoms with Crippen LogP contribution in [0.15, 0.2) is 23.1 Å². The highest BCUT2D eigenvalue weighted by atomic mass is 32.2. The minimum atomic E-state index is -3.59. The fourth-order valence-electron chi connectivity index (χ4n) is 1.14. The standard InChI is InChI=1S/C9H11NO4S/c1-6-3-7(9(11)12)5-8(4-6)15(13,14)10-2/h3-5,10H,1-2H3,(H,11,12). The van der Waals surface area contributed by atoms with Gasteiger partial charge in [0.1, 0.15) is 0 Å². The summed E-state index contributed by atoms with van der Waals surface area (Å²) in [6.45, 7) is 1.64. The summed E-state index contributed by atoms with van der Waals surface area (Å²) in [5.41, 5.74) is 0.549. The van der Waals surface area contributed by atoms with Crippen LogP contribution in [0.4, 0.5) is 0 Å². The molecule has 0 saturated heterocycles. The Morgan fingerprint density at radius 1 is 1.33 bits per heavy atom. The van der Waals surface area contributed by atoms with E-state index >= 15 is 0 Å². The Morgan fingerprint density at radius 3 is 2.40 bits per heavy atom. The molecule has 0 heterocycles. The van der Waals surface area contributed by atoms with Gasteiger partial charge in [0.2, 0.25) is 10.0 Å². The second kappa shape index (κ2) is 4.00. The lowest BCUT2D eigenvalue weighted by Crippen LogP contribution is -2.19. The van der Waals surface area contributed by atoms with Crippen molar-refractivity contribution in [2.45, 2.75) is 11.8 Å². The molecule has 5 nitrogen and oxygen atoms in total. The Bertz CT molecular complexity index is 493. The van der Waals surface area contributed by atoms with Gasteiger partial charge in [-0.15, -0.1) is 0 Å². The zero-order chi connectivity index (χ0) is 11.6. The molecule has 0 aliphatic carbocycles. The number of nitrogens with one attached hydrogen (secondary N) is 1. The Balaban J connectivity index is 3.40. The molecule has 0 fully saturated rings. The van der Waals surface area contributed by atoms with Crippen LogP contribution in [0.5, 0.6) is 0 Å². The molecule has 1 aromatic rings. The fraction of sp³-hybridized carbons (Fsp3) is 0.222. The van der Waals surface area contributed by atoms with Crippen molar-refractivity contribution in [3.63, 3.8) is 0 Å². The van der Waals surface area contributed by atoms with Gasteiger partial charge in [0, 0.05) is 0 Å². The predicted octanol–water partition coefficient (Wildman–Crippen LogP) is 0.601. The highest BCUT2D eigenvalue weighted by Gasteiger charge is 2.14. The van der Waals surface area contributed by atoms with Crippen LogP contribution in [0, 0.1) is 6.92 Å². The third-order valence-corrected chi connectivity index (χ3v) is 3.27. The lowest BCUT2D eigenvalue weighted by Gasteiger charge is -2.05. The van der Waals surface area contributed by atoms with Crippen molar-refractivity contribution in [2.24, 2.45) is 0 Å². The zero-order valence-electron chi connectivity index (χ0n) is 8.31. The molecule has 1 rings (SSSR count). The summed E-state index contributed by atoms with van der Waals surface area (Å²) >= 11 is 0. The van der Waals surface area contributed by atoms with Gasteiger partial charge in [0.15, 0.2) is 0 Å². The number of aromatic carboxylic acids is 1. The van der Waals surface area contributed by atoms with Gasteiger partial charge in [0.25, 0.3) is 0 Å². The normalized spacial score (nSPS) is 11.3. The van der Waals surface area contributed by atoms with Gasteiger partial charge in [-0.1, -0.05) is 0 Å². The first-order valence-electron chi connectivity index (χ1n) is 4.15. The molecule has 0 atom stereocenters. The van der Waals surface area contributed by atoms with E-state index in [1.54, 1.807) is 6.92 Å². The van der Waals surface area contributed by atoms with Gasteiger partial charge in [-0.05, 0) is 37.7 Å². The number of benzene rings is 1. The maximum Gasteiger partial charge on any atom is 0.335 e. The lowest BCUT2D eigenvalue weighted by molar-refractivity contribution is 0.0696. The number of sulfonamides is 1. The van der Waals surface area contributed by atoms with Crippen molar-refractivity contribution in [3.05, 3.63) is 29.3 Å². The highest BCUT2D eigenvalue weighted by Crippen LogP contribution is 2.14. The zero-order valence-corrected chi connectivity index (χ0v) is 9.13. The molecule has 0 aromatic heterocycles. The van der Waals surface area contributed by atoms with E-state index in [1.165, 1.54) is 19.2 Å². The number of carbonyl (C=O) groups is 1. The lowest BCUT2D eigenvalue weighted by atomic mass is 10.1. The summed E-state index contributed by atoms with van der Waals surface area (Å²) < 4.78 is 25.0. The van der Waals surface area contributed by atoms with E-state index in [4.69, 9.17) is 5.11 Å². The molecule has 0 spiro atoms. The first-order valence-corrected chi connectivity index (χ1v) is 5.63. The maximum absolute atomic E-state index is 11.4. The van der Waals surface area contributed by atoms with Crippen molar-refractivity contribution >= 4 is 16.0 Å². The van der Waals surface area contributed by atoms with Gasteiger partial charge in [-0.3, -0.25) is 0 Å². The molecule has 0 saturated carbocycles. The van der Waals surface area contributed by atoms with Gasteiger partial charge >= 0.3 is 5.97 Å². The first-order chi connectivity index (χ1) is 6.86. The third-order valence-electron chi connectivity index (χ3n) is 1.88. The number of rotatable bonds is 3. The molecular formula is C9H11NO4S. The molecular weight excluding hydrogens is 218 g/mol. The molecule has 82 valence electrons. The number of hydrogen-bond donors (Lipinski definition) is 2. The average Bonchev–Trinajstić information content (AvgIpc) is 2.16. The first kappa shape index (κ1) is 11.7. The molecule has 1 aromatic carbocycles. The summed E-state index contributed by atoms with van der Waals surface area (Å²) in [5, 5.41) is 8.76. The van der Waals surface area contributed by atoms with Crippen molar-refractivity contribution in [3.8, 4) is 0 Å². The van der Waals surface area contributed by atoms with Crippen molar-refractivity contribution < 1.29 is 18.3 Å². The Kier molecular flexibility index (Phi) is 3.11. The molecule has 0 aliphatic heterocycles. The minimum absolute atomic E-state index is 0.0381. The van der Waals surface area contributed by atoms with E-state index in [9.17, 15) is 13.2 Å². The van der Waals surface area contributed by atoms with E-state index < -0.39 is 16.0 Å². The van der Waals surface area contributed by atoms with E-state index in [2.05, 4.69) is 4.72 Å². The van der Waals surface area contributed by atoms with Crippen LogP contribution in [0.2, 0.25) is 0 Å². The molecule has 2 N–H and O–H groups in total. The highest BCUT2D eigenvalue weighted by molar-refractivity contribution is 7.89. The smallest absolute Gasteiger partial charge is 0.335 e. The quantitative estimate of drug-likeness (QED) is 0.795. The van der Waals surface area contributed by atoms with Crippen LogP contribution < -0.4 is 4.72 Å². The monoisotopic (exact) mass is 229 g/mol. The molecule has 0 unspecified atom stereocenters. The second-order valence-corrected chi connectivity index (χ2v) is 4.93. The largest absolute Gasteiger partial charge is 0.478 e. The maximum atomic E-state index is 11.4. The Morgan fingerprint density at radius 2 is 1.93 bits per heavy atom. The summed E-state index contributed by atoms with van der Waals surface area (Å²) in [6, 6.07) is 3.95. The molecule has 0 bridgehead atoms. The van der Waals surface area contributed by atoms with Crippen molar-refractivity contribution in [1.82, 2.24) is 4.72 Å². The van der Waals surface area contributed by atoms with E-state index in [0.717, 1.165) is 6.07 Å². The van der Waals surface area contributed by atoms with Gasteiger partial charge < -0.3 is 5.11 Å².